The predicted octanol–water partition coefficient (Wildman–Crippen LogP) is 10.2. The molecule has 0 spiro atoms. The molecule has 5 nitrogen and oxygen atoms in total. The number of unbranched alkanes of at least 4 members (excludes halogenated alkanes) is 9. The van der Waals surface area contributed by atoms with Crippen LogP contribution in [0, 0.1) is 5.92 Å². The molecule has 0 saturated carbocycles. The number of esters is 1. The lowest BCUT2D eigenvalue weighted by molar-refractivity contribution is -0.134. The van der Waals surface area contributed by atoms with Gasteiger partial charge in [0.05, 0.1) is 6.61 Å². The maximum absolute atomic E-state index is 12.3. The number of rotatable bonds is 20. The third-order valence-corrected chi connectivity index (χ3v) is 7.59. The summed E-state index contributed by atoms with van der Waals surface area (Å²) in [7, 11) is 0. The van der Waals surface area contributed by atoms with Crippen LogP contribution >= 0.6 is 0 Å². The maximum Gasteiger partial charge on any atom is 0.311 e. The third-order valence-electron chi connectivity index (χ3n) is 7.59. The molecule has 1 atom stereocenters. The summed E-state index contributed by atoms with van der Waals surface area (Å²) in [5.74, 6) is 2.52. The summed E-state index contributed by atoms with van der Waals surface area (Å²) in [5, 5.41) is 0. The van der Waals surface area contributed by atoms with Crippen LogP contribution < -0.4 is 9.47 Å². The van der Waals surface area contributed by atoms with Crippen molar-refractivity contribution in [2.45, 2.75) is 111 Å². The highest BCUT2D eigenvalue weighted by Crippen LogP contribution is 2.25. The average molecular weight is 559 g/mol. The molecule has 41 heavy (non-hydrogen) atoms. The van der Waals surface area contributed by atoms with E-state index in [1.807, 2.05) is 60.9 Å². The molecule has 0 saturated heterocycles. The molecule has 1 unspecified atom stereocenters. The molecule has 5 heteroatoms. The normalized spacial score (nSPS) is 11.8. The number of nitrogens with zero attached hydrogens (tertiary/aromatic N) is 2. The molecule has 3 aromatic rings. The largest absolute Gasteiger partial charge is 0.494 e. The van der Waals surface area contributed by atoms with Crippen LogP contribution in [0.5, 0.6) is 11.5 Å². The number of benzene rings is 2. The first-order valence-electron chi connectivity index (χ1n) is 16.0. The fourth-order valence-corrected chi connectivity index (χ4v) is 4.90. The molecule has 1 aromatic heterocycles. The summed E-state index contributed by atoms with van der Waals surface area (Å²) in [6.45, 7) is 7.47. The van der Waals surface area contributed by atoms with Gasteiger partial charge in [-0.2, -0.15) is 0 Å². The zero-order valence-corrected chi connectivity index (χ0v) is 25.6. The summed E-state index contributed by atoms with van der Waals surface area (Å²) in [6, 6.07) is 15.5. The smallest absolute Gasteiger partial charge is 0.311 e. The lowest BCUT2D eigenvalue weighted by Gasteiger charge is -2.11. The Morgan fingerprint density at radius 3 is 1.88 bits per heavy atom. The Hall–Kier alpha value is -3.21. The third kappa shape index (κ3) is 12.5. The molecular formula is C36H50N2O3. The Labute approximate surface area is 248 Å². The molecule has 222 valence electrons. The Balaban J connectivity index is 1.40. The van der Waals surface area contributed by atoms with Gasteiger partial charge in [0, 0.05) is 29.9 Å². The number of hydrogen-bond donors (Lipinski definition) is 0. The molecule has 2 aromatic carbocycles. The highest BCUT2D eigenvalue weighted by Gasteiger charge is 2.10. The van der Waals surface area contributed by atoms with Crippen molar-refractivity contribution in [3.8, 4) is 34.0 Å². The minimum absolute atomic E-state index is 0.165. The van der Waals surface area contributed by atoms with Gasteiger partial charge in [0.25, 0.3) is 0 Å². The summed E-state index contributed by atoms with van der Waals surface area (Å²) in [6.07, 6.45) is 20.2. The van der Waals surface area contributed by atoms with Crippen LogP contribution in [0.25, 0.3) is 22.5 Å². The first-order chi connectivity index (χ1) is 20.1. The highest BCUT2D eigenvalue weighted by atomic mass is 16.5. The first-order valence-corrected chi connectivity index (χ1v) is 16.0. The van der Waals surface area contributed by atoms with Crippen molar-refractivity contribution in [3.63, 3.8) is 0 Å². The second-order valence-electron chi connectivity index (χ2n) is 11.3. The number of carbonyl (C=O) groups excluding carboxylic acids is 1. The van der Waals surface area contributed by atoms with E-state index in [0.29, 0.717) is 23.9 Å². The van der Waals surface area contributed by atoms with Crippen molar-refractivity contribution in [2.24, 2.45) is 5.92 Å². The van der Waals surface area contributed by atoms with E-state index in [-0.39, 0.29) is 5.97 Å². The average Bonchev–Trinajstić information content (AvgIpc) is 3.00. The minimum Gasteiger partial charge on any atom is -0.494 e. The van der Waals surface area contributed by atoms with E-state index in [2.05, 4.69) is 30.7 Å². The van der Waals surface area contributed by atoms with E-state index in [9.17, 15) is 4.79 Å². The summed E-state index contributed by atoms with van der Waals surface area (Å²) in [5.41, 5.74) is 2.85. The molecule has 0 N–H and O–H groups in total. The van der Waals surface area contributed by atoms with Crippen molar-refractivity contribution in [2.75, 3.05) is 6.61 Å². The molecule has 0 bridgehead atoms. The Kier molecular flexibility index (Phi) is 15.0. The zero-order valence-electron chi connectivity index (χ0n) is 25.6. The van der Waals surface area contributed by atoms with Crippen LogP contribution in [-0.2, 0) is 4.79 Å². The maximum atomic E-state index is 12.3. The Bertz CT molecular complexity index is 1110. The van der Waals surface area contributed by atoms with Gasteiger partial charge < -0.3 is 9.47 Å². The van der Waals surface area contributed by atoms with Crippen molar-refractivity contribution >= 4 is 5.97 Å². The topological polar surface area (TPSA) is 61.3 Å². The predicted molar refractivity (Wildman–Crippen MR) is 169 cm³/mol. The van der Waals surface area contributed by atoms with E-state index in [1.165, 1.54) is 70.6 Å². The van der Waals surface area contributed by atoms with Gasteiger partial charge in [-0.1, -0.05) is 104 Å². The van der Waals surface area contributed by atoms with E-state index in [4.69, 9.17) is 9.47 Å². The molecule has 3 rings (SSSR count). The number of carbonyl (C=O) groups is 1. The molecular weight excluding hydrogens is 508 g/mol. The van der Waals surface area contributed by atoms with Gasteiger partial charge >= 0.3 is 5.97 Å². The molecule has 1 heterocycles. The van der Waals surface area contributed by atoms with Crippen molar-refractivity contribution in [1.82, 2.24) is 9.97 Å². The van der Waals surface area contributed by atoms with Crippen LogP contribution in [0.3, 0.4) is 0 Å². The number of aromatic nitrogens is 2. The van der Waals surface area contributed by atoms with Gasteiger partial charge in [-0.15, -0.1) is 0 Å². The fourth-order valence-electron chi connectivity index (χ4n) is 4.90. The summed E-state index contributed by atoms with van der Waals surface area (Å²) >= 11 is 0. The Morgan fingerprint density at radius 2 is 1.22 bits per heavy atom. The van der Waals surface area contributed by atoms with Gasteiger partial charge in [0.1, 0.15) is 11.5 Å². The molecule has 0 radical (unpaired) electrons. The summed E-state index contributed by atoms with van der Waals surface area (Å²) < 4.78 is 11.5. The zero-order chi connectivity index (χ0) is 29.1. The monoisotopic (exact) mass is 558 g/mol. The molecule has 0 aliphatic heterocycles. The molecule has 0 amide bonds. The van der Waals surface area contributed by atoms with E-state index < -0.39 is 0 Å². The molecule has 0 aliphatic rings. The van der Waals surface area contributed by atoms with Crippen LogP contribution in [0.4, 0.5) is 0 Å². The van der Waals surface area contributed by atoms with Gasteiger partial charge in [0.2, 0.25) is 0 Å². The van der Waals surface area contributed by atoms with Gasteiger partial charge in [0.15, 0.2) is 5.82 Å². The standard InChI is InChI=1S/C36H50N2O3/c1-4-6-8-10-12-14-26-40-33-21-19-31(20-22-33)36-37-27-32(28-38-36)30-17-23-34(24-18-30)41-35(39)25-16-29(3)15-13-11-9-7-5-2/h17-24,27-29H,4-16,25-26H2,1-3H3. The van der Waals surface area contributed by atoms with E-state index >= 15 is 0 Å². The van der Waals surface area contributed by atoms with Crippen LogP contribution in [0.2, 0.25) is 0 Å². The second kappa shape index (κ2) is 19.0. The summed E-state index contributed by atoms with van der Waals surface area (Å²) in [4.78, 5) is 21.5. The quantitative estimate of drug-likeness (QED) is 0.0784. The van der Waals surface area contributed by atoms with Gasteiger partial charge in [-0.25, -0.2) is 9.97 Å². The Morgan fingerprint density at radius 1 is 0.659 bits per heavy atom. The van der Waals surface area contributed by atoms with E-state index in [1.54, 1.807) is 0 Å². The lowest BCUT2D eigenvalue weighted by atomic mass is 9.98. The van der Waals surface area contributed by atoms with Crippen molar-refractivity contribution in [1.29, 1.82) is 0 Å². The van der Waals surface area contributed by atoms with Crippen LogP contribution in [-0.4, -0.2) is 22.5 Å². The van der Waals surface area contributed by atoms with Gasteiger partial charge in [-0.05, 0) is 60.7 Å². The minimum atomic E-state index is -0.165. The first kappa shape index (κ1) is 32.3. The number of hydrogen-bond acceptors (Lipinski definition) is 5. The molecule has 0 fully saturated rings. The molecule has 0 aliphatic carbocycles. The SMILES string of the molecule is CCCCCCCCOc1ccc(-c2ncc(-c3ccc(OC(=O)CCC(C)CCCCCCC)cc3)cn2)cc1. The second-order valence-corrected chi connectivity index (χ2v) is 11.3. The number of ether oxygens (including phenoxy) is 2. The highest BCUT2D eigenvalue weighted by molar-refractivity contribution is 5.73. The van der Waals surface area contributed by atoms with Crippen LogP contribution in [0.1, 0.15) is 111 Å². The van der Waals surface area contributed by atoms with E-state index in [0.717, 1.165) is 41.9 Å². The van der Waals surface area contributed by atoms with Crippen molar-refractivity contribution < 1.29 is 14.3 Å². The fraction of sp³-hybridized carbons (Fsp3) is 0.528. The van der Waals surface area contributed by atoms with Crippen molar-refractivity contribution in [3.05, 3.63) is 60.9 Å². The van der Waals surface area contributed by atoms with Crippen LogP contribution in [0.15, 0.2) is 60.9 Å². The lowest BCUT2D eigenvalue weighted by Crippen LogP contribution is -2.09. The van der Waals surface area contributed by atoms with Gasteiger partial charge in [-0.3, -0.25) is 4.79 Å².